The quantitative estimate of drug-likeness (QED) is 0.742. The molecule has 2 unspecified atom stereocenters. The second-order valence-corrected chi connectivity index (χ2v) is 4.90. The molecule has 0 amide bonds. The lowest BCUT2D eigenvalue weighted by Crippen LogP contribution is -2.27. The summed E-state index contributed by atoms with van der Waals surface area (Å²) in [7, 11) is 0. The Labute approximate surface area is 104 Å². The smallest absolute Gasteiger partial charge is 0.329 e. The number of para-hydroxylation sites is 2. The first kappa shape index (κ1) is 10.3. The van der Waals surface area contributed by atoms with Crippen molar-refractivity contribution in [3.63, 3.8) is 0 Å². The van der Waals surface area contributed by atoms with E-state index in [9.17, 15) is 4.79 Å². The third kappa shape index (κ3) is 1.67. The number of epoxide rings is 2. The Bertz CT molecular complexity index is 596. The lowest BCUT2D eigenvalue weighted by atomic mass is 10.3. The Morgan fingerprint density at radius 1 is 1.00 bits per heavy atom. The number of aromatic nitrogens is 2. The molecule has 1 aromatic heterocycles. The molecule has 4 rings (SSSR count). The van der Waals surface area contributed by atoms with Gasteiger partial charge in [-0.05, 0) is 12.1 Å². The van der Waals surface area contributed by atoms with E-state index >= 15 is 0 Å². The molecular weight excluding hydrogens is 232 g/mol. The average Bonchev–Trinajstić information content (AvgIpc) is 3.26. The van der Waals surface area contributed by atoms with Gasteiger partial charge in [0.1, 0.15) is 0 Å². The minimum atomic E-state index is 0.0437. The molecule has 5 nitrogen and oxygen atoms in total. The molecule has 5 heteroatoms. The van der Waals surface area contributed by atoms with E-state index in [1.165, 1.54) is 0 Å². The number of hydrogen-bond donors (Lipinski definition) is 0. The van der Waals surface area contributed by atoms with E-state index in [4.69, 9.17) is 9.47 Å². The predicted molar refractivity (Wildman–Crippen MR) is 65.7 cm³/mol. The molecule has 0 N–H and O–H groups in total. The van der Waals surface area contributed by atoms with Gasteiger partial charge in [-0.3, -0.25) is 9.13 Å². The molecule has 0 saturated carbocycles. The van der Waals surface area contributed by atoms with E-state index in [1.807, 2.05) is 33.4 Å². The topological polar surface area (TPSA) is 52.0 Å². The third-order valence-corrected chi connectivity index (χ3v) is 3.50. The average molecular weight is 246 g/mol. The lowest BCUT2D eigenvalue weighted by molar-refractivity contribution is 0.372. The molecule has 2 atom stereocenters. The number of nitrogens with zero attached hydrogens (tertiary/aromatic N) is 2. The van der Waals surface area contributed by atoms with Gasteiger partial charge in [0.15, 0.2) is 0 Å². The first-order chi connectivity index (χ1) is 8.83. The molecule has 0 radical (unpaired) electrons. The first-order valence-corrected chi connectivity index (χ1v) is 6.24. The highest BCUT2D eigenvalue weighted by Gasteiger charge is 2.28. The standard InChI is InChI=1S/C13H14N2O3/c16-13-14(5-9-7-17-9)11-3-1-2-4-12(11)15(13)6-10-8-18-10/h1-4,9-10H,5-8H2. The highest BCUT2D eigenvalue weighted by molar-refractivity contribution is 5.76. The highest BCUT2D eigenvalue weighted by atomic mass is 16.6. The molecule has 2 aliphatic heterocycles. The second kappa shape index (κ2) is 3.70. The fraction of sp³-hybridized carbons (Fsp3) is 0.462. The molecule has 2 saturated heterocycles. The van der Waals surface area contributed by atoms with Crippen molar-refractivity contribution in [3.05, 3.63) is 34.7 Å². The van der Waals surface area contributed by atoms with E-state index in [2.05, 4.69) is 0 Å². The van der Waals surface area contributed by atoms with Gasteiger partial charge >= 0.3 is 5.69 Å². The number of hydrogen-bond acceptors (Lipinski definition) is 3. The first-order valence-electron chi connectivity index (χ1n) is 6.24. The van der Waals surface area contributed by atoms with Crippen molar-refractivity contribution in [1.82, 2.24) is 9.13 Å². The normalized spacial score (nSPS) is 25.6. The predicted octanol–water partition coefficient (Wildman–Crippen LogP) is 0.601. The monoisotopic (exact) mass is 246 g/mol. The van der Waals surface area contributed by atoms with Gasteiger partial charge < -0.3 is 9.47 Å². The van der Waals surface area contributed by atoms with Gasteiger partial charge in [-0.15, -0.1) is 0 Å². The van der Waals surface area contributed by atoms with Crippen molar-refractivity contribution in [2.45, 2.75) is 25.3 Å². The summed E-state index contributed by atoms with van der Waals surface area (Å²) < 4.78 is 14.1. The summed E-state index contributed by atoms with van der Waals surface area (Å²) in [6.07, 6.45) is 0.415. The Hall–Kier alpha value is -1.59. The van der Waals surface area contributed by atoms with E-state index in [1.54, 1.807) is 0 Å². The molecule has 0 bridgehead atoms. The number of ether oxygens (including phenoxy) is 2. The molecule has 18 heavy (non-hydrogen) atoms. The zero-order valence-corrected chi connectivity index (χ0v) is 9.91. The summed E-state index contributed by atoms with van der Waals surface area (Å²) in [4.78, 5) is 12.4. The second-order valence-electron chi connectivity index (χ2n) is 4.90. The van der Waals surface area contributed by atoms with Gasteiger partial charge in [-0.2, -0.15) is 0 Å². The van der Waals surface area contributed by atoms with Crippen LogP contribution < -0.4 is 5.69 Å². The van der Waals surface area contributed by atoms with Crippen LogP contribution in [-0.2, 0) is 22.6 Å². The van der Waals surface area contributed by atoms with Crippen LogP contribution in [0.15, 0.2) is 29.1 Å². The number of benzene rings is 1. The highest BCUT2D eigenvalue weighted by Crippen LogP contribution is 2.19. The number of imidazole rings is 1. The van der Waals surface area contributed by atoms with Gasteiger partial charge in [0.2, 0.25) is 0 Å². The molecule has 0 spiro atoms. The Kier molecular flexibility index (Phi) is 2.13. The summed E-state index contributed by atoms with van der Waals surface area (Å²) in [5.74, 6) is 0. The number of fused-ring (bicyclic) bond motifs is 1. The lowest BCUT2D eigenvalue weighted by Gasteiger charge is -1.98. The van der Waals surface area contributed by atoms with E-state index in [0.717, 1.165) is 24.2 Å². The van der Waals surface area contributed by atoms with Crippen molar-refractivity contribution in [1.29, 1.82) is 0 Å². The zero-order chi connectivity index (χ0) is 12.1. The van der Waals surface area contributed by atoms with Crippen LogP contribution in [0.4, 0.5) is 0 Å². The third-order valence-electron chi connectivity index (χ3n) is 3.50. The maximum atomic E-state index is 12.4. The Morgan fingerprint density at radius 3 is 1.83 bits per heavy atom. The fourth-order valence-electron chi connectivity index (χ4n) is 2.38. The Balaban J connectivity index is 1.86. The summed E-state index contributed by atoms with van der Waals surface area (Å²) in [6, 6.07) is 7.90. The maximum Gasteiger partial charge on any atom is 0.329 e. The largest absolute Gasteiger partial charge is 0.371 e. The summed E-state index contributed by atoms with van der Waals surface area (Å²) in [5, 5.41) is 0. The van der Waals surface area contributed by atoms with E-state index in [0.29, 0.717) is 13.1 Å². The molecule has 2 aliphatic rings. The van der Waals surface area contributed by atoms with Crippen LogP contribution in [0.3, 0.4) is 0 Å². The van der Waals surface area contributed by atoms with Crippen molar-refractivity contribution in [2.75, 3.05) is 13.2 Å². The summed E-state index contributed by atoms with van der Waals surface area (Å²) in [6.45, 7) is 2.82. The minimum Gasteiger partial charge on any atom is -0.371 e. The van der Waals surface area contributed by atoms with Gasteiger partial charge in [-0.1, -0.05) is 12.1 Å². The summed E-state index contributed by atoms with van der Waals surface area (Å²) >= 11 is 0. The zero-order valence-electron chi connectivity index (χ0n) is 9.91. The van der Waals surface area contributed by atoms with Crippen LogP contribution in [0, 0.1) is 0 Å². The van der Waals surface area contributed by atoms with Crippen molar-refractivity contribution in [3.8, 4) is 0 Å². The van der Waals surface area contributed by atoms with Crippen LogP contribution in [0.5, 0.6) is 0 Å². The number of rotatable bonds is 4. The van der Waals surface area contributed by atoms with Crippen molar-refractivity contribution in [2.24, 2.45) is 0 Å². The van der Waals surface area contributed by atoms with Crippen LogP contribution in [0.2, 0.25) is 0 Å². The molecule has 3 heterocycles. The van der Waals surface area contributed by atoms with Gasteiger partial charge in [0.05, 0.1) is 49.5 Å². The SMILES string of the molecule is O=c1n(CC2CO2)c2ccccc2n1CC1CO1. The van der Waals surface area contributed by atoms with E-state index < -0.39 is 0 Å². The van der Waals surface area contributed by atoms with Crippen LogP contribution >= 0.6 is 0 Å². The molecule has 2 fully saturated rings. The molecule has 2 aromatic rings. The minimum absolute atomic E-state index is 0.0437. The van der Waals surface area contributed by atoms with Gasteiger partial charge in [-0.25, -0.2) is 4.79 Å². The van der Waals surface area contributed by atoms with E-state index in [-0.39, 0.29) is 17.9 Å². The van der Waals surface area contributed by atoms with Crippen molar-refractivity contribution < 1.29 is 9.47 Å². The summed E-state index contributed by atoms with van der Waals surface area (Å²) in [5.41, 5.74) is 2.01. The van der Waals surface area contributed by atoms with Gasteiger partial charge in [0, 0.05) is 0 Å². The van der Waals surface area contributed by atoms with Crippen LogP contribution in [0.1, 0.15) is 0 Å². The molecule has 1 aromatic carbocycles. The maximum absolute atomic E-state index is 12.4. The molecular formula is C13H14N2O3. The van der Waals surface area contributed by atoms with Crippen LogP contribution in [0.25, 0.3) is 11.0 Å². The Morgan fingerprint density at radius 2 is 1.44 bits per heavy atom. The fourth-order valence-corrected chi connectivity index (χ4v) is 2.38. The molecule has 0 aliphatic carbocycles. The van der Waals surface area contributed by atoms with Crippen molar-refractivity contribution >= 4 is 11.0 Å². The van der Waals surface area contributed by atoms with Crippen LogP contribution in [-0.4, -0.2) is 34.6 Å². The molecule has 94 valence electrons. The van der Waals surface area contributed by atoms with Gasteiger partial charge in [0.25, 0.3) is 0 Å².